The van der Waals surface area contributed by atoms with E-state index in [0.29, 0.717) is 22.7 Å². The zero-order valence-corrected chi connectivity index (χ0v) is 17.0. The summed E-state index contributed by atoms with van der Waals surface area (Å²) >= 11 is 1.51. The number of carbonyl (C=O) groups is 2. The number of anilines is 2. The third-order valence-electron chi connectivity index (χ3n) is 4.10. The van der Waals surface area contributed by atoms with E-state index in [1.54, 1.807) is 13.0 Å². The van der Waals surface area contributed by atoms with Gasteiger partial charge in [0.05, 0.1) is 22.8 Å². The van der Waals surface area contributed by atoms with Gasteiger partial charge in [0.2, 0.25) is 5.91 Å². The molecule has 2 aromatic rings. The van der Waals surface area contributed by atoms with Gasteiger partial charge in [0.1, 0.15) is 0 Å². The van der Waals surface area contributed by atoms with Crippen LogP contribution in [0.4, 0.5) is 11.4 Å². The number of rotatable bonds is 5. The van der Waals surface area contributed by atoms with Crippen LogP contribution in [-0.4, -0.2) is 32.7 Å². The molecule has 1 atom stereocenters. The van der Waals surface area contributed by atoms with Crippen LogP contribution in [0.1, 0.15) is 24.2 Å². The molecular weight excluding hydrogens is 400 g/mol. The number of ether oxygens (including phenoxy) is 1. The Morgan fingerprint density at radius 1 is 1.25 bits per heavy atom. The van der Waals surface area contributed by atoms with E-state index < -0.39 is 16.0 Å². The molecule has 0 bridgehead atoms. The van der Waals surface area contributed by atoms with Crippen LogP contribution in [0.15, 0.2) is 52.3 Å². The van der Waals surface area contributed by atoms with Crippen molar-refractivity contribution in [2.75, 3.05) is 22.4 Å². The molecule has 2 aromatic carbocycles. The minimum atomic E-state index is -3.86. The van der Waals surface area contributed by atoms with Gasteiger partial charge < -0.3 is 10.1 Å². The number of fused-ring (bicyclic) bond motifs is 1. The van der Waals surface area contributed by atoms with Gasteiger partial charge in [-0.1, -0.05) is 6.92 Å². The first-order valence-electron chi connectivity index (χ1n) is 8.68. The van der Waals surface area contributed by atoms with Crippen molar-refractivity contribution >= 4 is 45.0 Å². The second kappa shape index (κ2) is 8.24. The second-order valence-corrected chi connectivity index (χ2v) is 9.01. The van der Waals surface area contributed by atoms with E-state index in [9.17, 15) is 18.0 Å². The number of hydrogen-bond acceptors (Lipinski definition) is 6. The van der Waals surface area contributed by atoms with Crippen molar-refractivity contribution in [3.8, 4) is 0 Å². The molecule has 1 amide bonds. The molecule has 0 aromatic heterocycles. The normalized spacial score (nSPS) is 16.5. The van der Waals surface area contributed by atoms with Gasteiger partial charge in [0.25, 0.3) is 10.0 Å². The number of thioether (sulfide) groups is 1. The number of benzene rings is 2. The van der Waals surface area contributed by atoms with E-state index in [-0.39, 0.29) is 23.3 Å². The molecule has 0 spiro atoms. The smallest absolute Gasteiger partial charge is 0.338 e. The number of carbonyl (C=O) groups excluding carboxylic acids is 2. The van der Waals surface area contributed by atoms with E-state index >= 15 is 0 Å². The highest BCUT2D eigenvalue weighted by Gasteiger charge is 2.23. The SMILES string of the molecule is CCOC(=O)c1ccc(NS(=O)(=O)c2ccc3c(c2)NC(=O)[C@H](C)CS3)cc1. The topological polar surface area (TPSA) is 102 Å². The molecule has 0 fully saturated rings. The Kier molecular flexibility index (Phi) is 5.95. The van der Waals surface area contributed by atoms with Crippen molar-refractivity contribution < 1.29 is 22.7 Å². The summed E-state index contributed by atoms with van der Waals surface area (Å²) in [5, 5.41) is 2.78. The maximum atomic E-state index is 12.7. The third-order valence-corrected chi connectivity index (χ3v) is 6.82. The predicted octanol–water partition coefficient (Wildman–Crippen LogP) is 3.34. The largest absolute Gasteiger partial charge is 0.462 e. The lowest BCUT2D eigenvalue weighted by Gasteiger charge is -2.12. The maximum Gasteiger partial charge on any atom is 0.338 e. The summed E-state index contributed by atoms with van der Waals surface area (Å²) in [5.41, 5.74) is 1.14. The number of sulfonamides is 1. The highest BCUT2D eigenvalue weighted by atomic mass is 32.2. The molecule has 7 nitrogen and oxygen atoms in total. The van der Waals surface area contributed by atoms with E-state index in [1.165, 1.54) is 48.2 Å². The predicted molar refractivity (Wildman–Crippen MR) is 108 cm³/mol. The van der Waals surface area contributed by atoms with E-state index in [4.69, 9.17) is 4.74 Å². The van der Waals surface area contributed by atoms with Crippen LogP contribution in [0.2, 0.25) is 0 Å². The molecule has 2 N–H and O–H groups in total. The first kappa shape index (κ1) is 20.2. The summed E-state index contributed by atoms with van der Waals surface area (Å²) in [5.74, 6) is -0.127. The molecule has 28 heavy (non-hydrogen) atoms. The van der Waals surface area contributed by atoms with Crippen LogP contribution < -0.4 is 10.0 Å². The van der Waals surface area contributed by atoms with Crippen LogP contribution in [0.25, 0.3) is 0 Å². The van der Waals surface area contributed by atoms with Crippen molar-refractivity contribution in [3.05, 3.63) is 48.0 Å². The van der Waals surface area contributed by atoms with Crippen molar-refractivity contribution in [2.24, 2.45) is 5.92 Å². The first-order valence-corrected chi connectivity index (χ1v) is 11.1. The minimum Gasteiger partial charge on any atom is -0.462 e. The minimum absolute atomic E-state index is 0.0381. The van der Waals surface area contributed by atoms with Crippen LogP contribution in [0, 0.1) is 5.92 Å². The van der Waals surface area contributed by atoms with Crippen LogP contribution >= 0.6 is 11.8 Å². The highest BCUT2D eigenvalue weighted by Crippen LogP contribution is 2.34. The molecule has 3 rings (SSSR count). The van der Waals surface area contributed by atoms with Gasteiger partial charge in [-0.05, 0) is 49.4 Å². The summed E-state index contributed by atoms with van der Waals surface area (Å²) in [6.45, 7) is 3.80. The lowest BCUT2D eigenvalue weighted by Crippen LogP contribution is -2.20. The van der Waals surface area contributed by atoms with Crippen LogP contribution in [0.5, 0.6) is 0 Å². The number of nitrogens with one attached hydrogen (secondary N) is 2. The fourth-order valence-corrected chi connectivity index (χ4v) is 4.64. The van der Waals surface area contributed by atoms with Gasteiger partial charge in [0, 0.05) is 22.3 Å². The lowest BCUT2D eigenvalue weighted by atomic mass is 10.2. The average molecular weight is 421 g/mol. The van der Waals surface area contributed by atoms with Crippen molar-refractivity contribution in [3.63, 3.8) is 0 Å². The Balaban J connectivity index is 1.81. The molecule has 0 saturated heterocycles. The summed E-state index contributed by atoms with van der Waals surface area (Å²) in [6, 6.07) is 10.6. The van der Waals surface area contributed by atoms with Gasteiger partial charge in [0.15, 0.2) is 0 Å². The highest BCUT2D eigenvalue weighted by molar-refractivity contribution is 7.99. The van der Waals surface area contributed by atoms with Gasteiger partial charge in [-0.3, -0.25) is 9.52 Å². The van der Waals surface area contributed by atoms with Gasteiger partial charge in [-0.15, -0.1) is 11.8 Å². The van der Waals surface area contributed by atoms with Crippen LogP contribution in [0.3, 0.4) is 0 Å². The van der Waals surface area contributed by atoms with Crippen molar-refractivity contribution in [2.45, 2.75) is 23.6 Å². The summed E-state index contributed by atoms with van der Waals surface area (Å²) in [7, 11) is -3.86. The molecule has 0 radical (unpaired) electrons. The Hall–Kier alpha value is -2.52. The lowest BCUT2D eigenvalue weighted by molar-refractivity contribution is -0.118. The van der Waals surface area contributed by atoms with E-state index in [1.807, 2.05) is 6.92 Å². The molecule has 0 aliphatic carbocycles. The first-order chi connectivity index (χ1) is 13.3. The quantitative estimate of drug-likeness (QED) is 0.720. The molecule has 0 unspecified atom stereocenters. The number of hydrogen-bond donors (Lipinski definition) is 2. The molecular formula is C19H20N2O5S2. The zero-order chi connectivity index (χ0) is 20.3. The maximum absolute atomic E-state index is 12.7. The van der Waals surface area contributed by atoms with Gasteiger partial charge in [-0.2, -0.15) is 0 Å². The fourth-order valence-electron chi connectivity index (χ4n) is 2.55. The van der Waals surface area contributed by atoms with E-state index in [2.05, 4.69) is 10.0 Å². The fraction of sp³-hybridized carbons (Fsp3) is 0.263. The molecule has 1 aliphatic rings. The molecule has 9 heteroatoms. The molecule has 148 valence electrons. The van der Waals surface area contributed by atoms with Crippen LogP contribution in [-0.2, 0) is 19.6 Å². The van der Waals surface area contributed by atoms with Gasteiger partial charge in [-0.25, -0.2) is 13.2 Å². The summed E-state index contributed by atoms with van der Waals surface area (Å²) < 4.78 is 32.8. The molecule has 0 saturated carbocycles. The molecule has 1 aliphatic heterocycles. The number of esters is 1. The molecule has 1 heterocycles. The Morgan fingerprint density at radius 2 is 1.96 bits per heavy atom. The average Bonchev–Trinajstić information content (AvgIpc) is 2.80. The standard InChI is InChI=1S/C19H20N2O5S2/c1-3-26-19(23)13-4-6-14(7-5-13)21-28(24,25)15-8-9-17-16(10-15)20-18(22)12(2)11-27-17/h4-10,12,21H,3,11H2,1-2H3,(H,20,22)/t12-/m1/s1. The van der Waals surface area contributed by atoms with Crippen molar-refractivity contribution in [1.29, 1.82) is 0 Å². The third kappa shape index (κ3) is 4.48. The zero-order valence-electron chi connectivity index (χ0n) is 15.4. The summed E-state index contributed by atoms with van der Waals surface area (Å²) in [6.07, 6.45) is 0. The number of amides is 1. The Labute approximate surface area is 167 Å². The van der Waals surface area contributed by atoms with Gasteiger partial charge >= 0.3 is 5.97 Å². The second-order valence-electron chi connectivity index (χ2n) is 6.26. The Morgan fingerprint density at radius 3 is 2.64 bits per heavy atom. The van der Waals surface area contributed by atoms with Crippen molar-refractivity contribution in [1.82, 2.24) is 0 Å². The Bertz CT molecular complexity index is 1000. The van der Waals surface area contributed by atoms with E-state index in [0.717, 1.165) is 4.90 Å². The summed E-state index contributed by atoms with van der Waals surface area (Å²) in [4.78, 5) is 24.6. The monoisotopic (exact) mass is 420 g/mol.